The zero-order valence-corrected chi connectivity index (χ0v) is 13.6. The Kier molecular flexibility index (Phi) is 5.70. The molecule has 0 bridgehead atoms. The Hall–Kier alpha value is -2.16. The first-order chi connectivity index (χ1) is 10.6. The van der Waals surface area contributed by atoms with Gasteiger partial charge in [-0.3, -0.25) is 9.78 Å². The van der Waals surface area contributed by atoms with Gasteiger partial charge in [0.2, 0.25) is 5.91 Å². The molecule has 3 nitrogen and oxygen atoms in total. The fourth-order valence-electron chi connectivity index (χ4n) is 2.54. The highest BCUT2D eigenvalue weighted by Crippen LogP contribution is 2.16. The first kappa shape index (κ1) is 16.2. The van der Waals surface area contributed by atoms with E-state index in [2.05, 4.69) is 36.3 Å². The summed E-state index contributed by atoms with van der Waals surface area (Å²) < 4.78 is 0. The third-order valence-corrected chi connectivity index (χ3v) is 3.92. The summed E-state index contributed by atoms with van der Waals surface area (Å²) >= 11 is 0. The maximum absolute atomic E-state index is 12.2. The first-order valence-corrected chi connectivity index (χ1v) is 7.86. The van der Waals surface area contributed by atoms with E-state index in [4.69, 9.17) is 0 Å². The molecule has 2 aromatic rings. The van der Waals surface area contributed by atoms with Crippen LogP contribution in [0.3, 0.4) is 0 Å². The summed E-state index contributed by atoms with van der Waals surface area (Å²) in [5.74, 6) is 0.0819. The molecule has 0 aliphatic carbocycles. The van der Waals surface area contributed by atoms with Crippen molar-refractivity contribution in [2.45, 2.75) is 46.1 Å². The van der Waals surface area contributed by atoms with Crippen LogP contribution in [0.2, 0.25) is 0 Å². The number of nitrogens with one attached hydrogen (secondary N) is 1. The number of pyridine rings is 1. The van der Waals surface area contributed by atoms with Crippen LogP contribution in [-0.4, -0.2) is 10.9 Å². The normalized spacial score (nSPS) is 12.0. The second-order valence-corrected chi connectivity index (χ2v) is 5.71. The SMILES string of the molecule is CCC(NC(=O)CCc1ccccc1C)c1cc(C)ccn1. The van der Waals surface area contributed by atoms with Crippen molar-refractivity contribution in [3.05, 3.63) is 65.0 Å². The molecular formula is C19H24N2O. The summed E-state index contributed by atoms with van der Waals surface area (Å²) in [6.07, 6.45) is 3.92. The van der Waals surface area contributed by atoms with Crippen LogP contribution in [0.15, 0.2) is 42.6 Å². The molecule has 116 valence electrons. The van der Waals surface area contributed by atoms with Crippen LogP contribution in [0.5, 0.6) is 0 Å². The van der Waals surface area contributed by atoms with Gasteiger partial charge in [-0.25, -0.2) is 0 Å². The van der Waals surface area contributed by atoms with Gasteiger partial charge in [0.1, 0.15) is 0 Å². The van der Waals surface area contributed by atoms with Gasteiger partial charge in [0.05, 0.1) is 11.7 Å². The lowest BCUT2D eigenvalue weighted by Gasteiger charge is -2.17. The predicted molar refractivity (Wildman–Crippen MR) is 89.6 cm³/mol. The van der Waals surface area contributed by atoms with Crippen molar-refractivity contribution < 1.29 is 4.79 Å². The molecule has 0 spiro atoms. The van der Waals surface area contributed by atoms with Crippen LogP contribution < -0.4 is 5.32 Å². The zero-order valence-electron chi connectivity index (χ0n) is 13.6. The second kappa shape index (κ2) is 7.74. The second-order valence-electron chi connectivity index (χ2n) is 5.71. The van der Waals surface area contributed by atoms with Crippen molar-refractivity contribution >= 4 is 5.91 Å². The molecule has 1 atom stereocenters. The molecule has 0 radical (unpaired) electrons. The minimum atomic E-state index is -0.00993. The molecule has 1 aromatic carbocycles. The van der Waals surface area contributed by atoms with Gasteiger partial charge < -0.3 is 5.32 Å². The summed E-state index contributed by atoms with van der Waals surface area (Å²) in [7, 11) is 0. The molecule has 22 heavy (non-hydrogen) atoms. The Balaban J connectivity index is 1.94. The summed E-state index contributed by atoms with van der Waals surface area (Å²) in [4.78, 5) is 16.6. The van der Waals surface area contributed by atoms with Gasteiger partial charge in [0.25, 0.3) is 0 Å². The van der Waals surface area contributed by atoms with Gasteiger partial charge >= 0.3 is 0 Å². The van der Waals surface area contributed by atoms with Crippen molar-refractivity contribution in [3.8, 4) is 0 Å². The van der Waals surface area contributed by atoms with Crippen molar-refractivity contribution in [1.82, 2.24) is 10.3 Å². The molecule has 1 heterocycles. The van der Waals surface area contributed by atoms with E-state index in [1.54, 1.807) is 6.20 Å². The number of aryl methyl sites for hydroxylation is 3. The maximum atomic E-state index is 12.2. The lowest BCUT2D eigenvalue weighted by molar-refractivity contribution is -0.121. The van der Waals surface area contributed by atoms with Crippen LogP contribution in [-0.2, 0) is 11.2 Å². The number of carbonyl (C=O) groups is 1. The summed E-state index contributed by atoms with van der Waals surface area (Å²) in [5, 5.41) is 3.10. The number of hydrogen-bond acceptors (Lipinski definition) is 2. The zero-order chi connectivity index (χ0) is 15.9. The predicted octanol–water partition coefficient (Wildman–Crippen LogP) is 3.90. The lowest BCUT2D eigenvalue weighted by atomic mass is 10.0. The Labute approximate surface area is 132 Å². The smallest absolute Gasteiger partial charge is 0.220 e. The topological polar surface area (TPSA) is 42.0 Å². The maximum Gasteiger partial charge on any atom is 0.220 e. The molecule has 3 heteroatoms. The van der Waals surface area contributed by atoms with E-state index in [0.717, 1.165) is 24.1 Å². The van der Waals surface area contributed by atoms with Gasteiger partial charge in [-0.15, -0.1) is 0 Å². The van der Waals surface area contributed by atoms with E-state index >= 15 is 0 Å². The molecule has 0 fully saturated rings. The van der Waals surface area contributed by atoms with Crippen LogP contribution in [0.4, 0.5) is 0 Å². The monoisotopic (exact) mass is 296 g/mol. The molecule has 1 aromatic heterocycles. The number of nitrogens with zero attached hydrogens (tertiary/aromatic N) is 1. The average Bonchev–Trinajstić information content (AvgIpc) is 2.52. The Morgan fingerprint density at radius 2 is 2.00 bits per heavy atom. The minimum Gasteiger partial charge on any atom is -0.348 e. The van der Waals surface area contributed by atoms with Gasteiger partial charge in [0.15, 0.2) is 0 Å². The van der Waals surface area contributed by atoms with Gasteiger partial charge in [-0.2, -0.15) is 0 Å². The average molecular weight is 296 g/mol. The third kappa shape index (κ3) is 4.42. The van der Waals surface area contributed by atoms with Gasteiger partial charge in [-0.05, 0) is 55.5 Å². The molecular weight excluding hydrogens is 272 g/mol. The van der Waals surface area contributed by atoms with Crippen LogP contribution in [0.25, 0.3) is 0 Å². The molecule has 0 aliphatic heterocycles. The van der Waals surface area contributed by atoms with Crippen molar-refractivity contribution in [2.24, 2.45) is 0 Å². The third-order valence-electron chi connectivity index (χ3n) is 3.92. The first-order valence-electron chi connectivity index (χ1n) is 7.86. The summed E-state index contributed by atoms with van der Waals surface area (Å²) in [6, 6.07) is 12.2. The van der Waals surface area contributed by atoms with E-state index in [1.807, 2.05) is 31.2 Å². The number of hydrogen-bond donors (Lipinski definition) is 1. The molecule has 1 N–H and O–H groups in total. The van der Waals surface area contributed by atoms with E-state index in [1.165, 1.54) is 11.1 Å². The van der Waals surface area contributed by atoms with E-state index in [-0.39, 0.29) is 11.9 Å². The summed E-state index contributed by atoms with van der Waals surface area (Å²) in [5.41, 5.74) is 4.58. The highest BCUT2D eigenvalue weighted by molar-refractivity contribution is 5.76. The van der Waals surface area contributed by atoms with Crippen molar-refractivity contribution in [1.29, 1.82) is 0 Å². The number of amides is 1. The number of carbonyl (C=O) groups excluding carboxylic acids is 1. The quantitative estimate of drug-likeness (QED) is 0.878. The Morgan fingerprint density at radius 1 is 1.23 bits per heavy atom. The number of rotatable bonds is 6. The van der Waals surface area contributed by atoms with E-state index in [0.29, 0.717) is 6.42 Å². The fraction of sp³-hybridized carbons (Fsp3) is 0.368. The van der Waals surface area contributed by atoms with Crippen LogP contribution >= 0.6 is 0 Å². The van der Waals surface area contributed by atoms with Crippen molar-refractivity contribution in [2.75, 3.05) is 0 Å². The van der Waals surface area contributed by atoms with E-state index in [9.17, 15) is 4.79 Å². The van der Waals surface area contributed by atoms with Gasteiger partial charge in [0, 0.05) is 12.6 Å². The number of benzene rings is 1. The highest BCUT2D eigenvalue weighted by atomic mass is 16.1. The fourth-order valence-corrected chi connectivity index (χ4v) is 2.54. The van der Waals surface area contributed by atoms with Crippen LogP contribution in [0.1, 0.15) is 48.2 Å². The molecule has 0 aliphatic rings. The standard InChI is InChI=1S/C19H24N2O/c1-4-17(18-13-14(2)11-12-20-18)21-19(22)10-9-16-8-6-5-7-15(16)3/h5-8,11-13,17H,4,9-10H2,1-3H3,(H,21,22). The van der Waals surface area contributed by atoms with Gasteiger partial charge in [-0.1, -0.05) is 31.2 Å². The molecule has 0 saturated carbocycles. The molecule has 1 amide bonds. The Bertz CT molecular complexity index is 637. The number of aromatic nitrogens is 1. The largest absolute Gasteiger partial charge is 0.348 e. The van der Waals surface area contributed by atoms with Crippen LogP contribution in [0, 0.1) is 13.8 Å². The lowest BCUT2D eigenvalue weighted by Crippen LogP contribution is -2.29. The Morgan fingerprint density at radius 3 is 2.68 bits per heavy atom. The minimum absolute atomic E-state index is 0.00993. The highest BCUT2D eigenvalue weighted by Gasteiger charge is 2.14. The summed E-state index contributed by atoms with van der Waals surface area (Å²) in [6.45, 7) is 6.19. The van der Waals surface area contributed by atoms with E-state index < -0.39 is 0 Å². The molecule has 2 rings (SSSR count). The molecule has 1 unspecified atom stereocenters. The van der Waals surface area contributed by atoms with Crippen molar-refractivity contribution in [3.63, 3.8) is 0 Å². The molecule has 0 saturated heterocycles.